The van der Waals surface area contributed by atoms with E-state index < -0.39 is 259 Å². The monoisotopic (exact) mass is 1550 g/mol. The minimum atomic E-state index is -4.96. The molecule has 0 aromatic rings. The molecule has 14 rings (SSSR count). The number of hydrogen-bond acceptors (Lipinski definition) is 31. The van der Waals surface area contributed by atoms with E-state index >= 15 is 0 Å². The zero-order valence-corrected chi connectivity index (χ0v) is 62.2. The first kappa shape index (κ1) is 80.3. The van der Waals surface area contributed by atoms with Crippen LogP contribution in [0.15, 0.2) is 49.1 Å². The van der Waals surface area contributed by atoms with Gasteiger partial charge in [0.05, 0.1) is 141 Å². The maximum absolute atomic E-state index is 12.1. The molecule has 602 valence electrons. The summed E-state index contributed by atoms with van der Waals surface area (Å²) in [6, 6.07) is 0. The summed E-state index contributed by atoms with van der Waals surface area (Å²) < 4.78 is 189. The molecule has 14 fully saturated rings. The molecule has 0 aromatic heterocycles. The Kier molecular flexibility index (Phi) is 23.3. The van der Waals surface area contributed by atoms with E-state index in [1.807, 2.05) is 6.92 Å². The highest BCUT2D eigenvalue weighted by Gasteiger charge is 2.67. The van der Waals surface area contributed by atoms with Crippen molar-refractivity contribution in [3.05, 3.63) is 49.1 Å². The molecule has 0 saturated carbocycles. The summed E-state index contributed by atoms with van der Waals surface area (Å²) in [6.07, 6.45) is -19.1. The van der Waals surface area contributed by atoms with Gasteiger partial charge in [0, 0.05) is 44.9 Å². The van der Waals surface area contributed by atoms with Gasteiger partial charge >= 0.3 is 20.8 Å². The number of fused-ring (bicyclic) bond motifs is 10. The second kappa shape index (κ2) is 30.8. The van der Waals surface area contributed by atoms with Crippen LogP contribution in [-0.4, -0.2) is 317 Å². The molecule has 0 aromatic carbocycles. The molecule has 1 unspecified atom stereocenters. The van der Waals surface area contributed by atoms with Crippen LogP contribution in [0.2, 0.25) is 0 Å². The topological polar surface area (TPSA) is 446 Å². The number of aliphatic hydroxyl groups excluding tert-OH is 7. The summed E-state index contributed by atoms with van der Waals surface area (Å²) >= 11 is 0. The predicted molar refractivity (Wildman–Crippen MR) is 360 cm³/mol. The van der Waals surface area contributed by atoms with Crippen LogP contribution in [0.5, 0.6) is 0 Å². The summed E-state index contributed by atoms with van der Waals surface area (Å²) in [4.78, 5) is 0. The van der Waals surface area contributed by atoms with Crippen molar-refractivity contribution >= 4 is 20.8 Å². The zero-order chi connectivity index (χ0) is 75.7. The van der Waals surface area contributed by atoms with Crippen LogP contribution in [-0.2, 0) is 110 Å². The lowest BCUT2D eigenvalue weighted by Crippen LogP contribution is -2.75. The van der Waals surface area contributed by atoms with Crippen LogP contribution in [0, 0.1) is 5.92 Å². The Hall–Kier alpha value is -2.30. The predicted octanol–water partition coefficient (Wildman–Crippen LogP) is 0.840. The van der Waals surface area contributed by atoms with E-state index in [0.29, 0.717) is 69.8 Å². The molecular weight excluding hydrogens is 1440 g/mol. The molecule has 38 atom stereocenters. The second-order valence-electron chi connectivity index (χ2n) is 32.9. The number of rotatable bonds is 21. The molecule has 33 nitrogen and oxygen atoms in total. The van der Waals surface area contributed by atoms with E-state index in [4.69, 9.17) is 89.3 Å². The third-order valence-corrected chi connectivity index (χ3v) is 26.0. The van der Waals surface area contributed by atoms with Gasteiger partial charge in [-0.25, -0.2) is 8.37 Å². The van der Waals surface area contributed by atoms with Crippen LogP contribution in [0.25, 0.3) is 0 Å². The van der Waals surface area contributed by atoms with Crippen molar-refractivity contribution in [2.45, 2.75) is 362 Å². The Balaban J connectivity index is 0.664. The molecule has 14 saturated heterocycles. The van der Waals surface area contributed by atoms with Gasteiger partial charge in [-0.15, -0.1) is 6.58 Å². The van der Waals surface area contributed by atoms with E-state index in [0.717, 1.165) is 5.57 Å². The Labute approximate surface area is 617 Å². The van der Waals surface area contributed by atoms with Crippen LogP contribution in [0.3, 0.4) is 0 Å². The number of aliphatic hydroxyl groups is 8. The van der Waals surface area contributed by atoms with Crippen molar-refractivity contribution in [3.8, 4) is 0 Å². The van der Waals surface area contributed by atoms with Gasteiger partial charge in [-0.2, -0.15) is 16.8 Å². The molecule has 14 aliphatic heterocycles. The lowest BCUT2D eigenvalue weighted by molar-refractivity contribution is -0.387. The Morgan fingerprint density at radius 2 is 1.12 bits per heavy atom. The number of hydrogen-bond donors (Lipinski definition) is 10. The smallest absolute Gasteiger partial charge is 0.394 e. The van der Waals surface area contributed by atoms with E-state index in [2.05, 4.69) is 44.7 Å². The highest BCUT2D eigenvalue weighted by molar-refractivity contribution is 7.81. The molecule has 0 aliphatic carbocycles. The molecule has 14 aliphatic rings. The standard InChI is InChI=1S/C71H108O33S2/c1-10-12-32(2)13-17-67(5,79)62-34(4)21-43-42(95-62)27-53-71(9,102-43)63(100-66-59(78)56(75)49(98-66)31-87-65-58(77)55(74)48(97-65)30-86-64-57(76)54(73)47(29-72)96-64)61-46(94-53)25-45-60(99-61)33(3)14-18-69(7)51(93-45)28-50-70(8,104-69)19-15-35-36(92-50)22-38-37(89-35)23-39-40(90-38)24-44-41(91-39)26-52(103-106(83,84)85)68(6,101-44)16-11-20-88-105(80,81)82/h10,13,17,33,35-66,72-79H,1-2,4,11-12,14-16,18-31H2,3,5-9H3,(H,80,81,82)(H,83,84,85)/b17-13+/t33-,35-,36+,37+,38-,39-,40+,41+,42+,43-,44-,45-,46+,47-,48-,49-,50-,51+,52-,53-,54-,55-,56-,57+,58+,59+,60+,61+,62-,63+,64-,65-,66?,67+,68+,69-,70+,71-/m0/s1. The van der Waals surface area contributed by atoms with Crippen molar-refractivity contribution in [2.75, 3.05) is 26.4 Å². The van der Waals surface area contributed by atoms with Crippen LogP contribution in [0.1, 0.15) is 138 Å². The Morgan fingerprint density at radius 1 is 0.594 bits per heavy atom. The van der Waals surface area contributed by atoms with E-state index in [9.17, 15) is 62.2 Å². The summed E-state index contributed by atoms with van der Waals surface area (Å²) in [6.45, 7) is 21.8. The average Bonchev–Trinajstić information content (AvgIpc) is 0.812. The van der Waals surface area contributed by atoms with E-state index in [1.54, 1.807) is 32.1 Å². The minimum Gasteiger partial charge on any atom is -0.394 e. The molecule has 0 spiro atoms. The second-order valence-corrected chi connectivity index (χ2v) is 35.0. The van der Waals surface area contributed by atoms with Gasteiger partial charge in [-0.3, -0.25) is 9.11 Å². The van der Waals surface area contributed by atoms with Crippen molar-refractivity contribution < 1.29 is 156 Å². The third-order valence-electron chi connectivity index (χ3n) is 25.1. The quantitative estimate of drug-likeness (QED) is 0.0329. The van der Waals surface area contributed by atoms with Crippen LogP contribution < -0.4 is 0 Å². The molecule has 35 heteroatoms. The van der Waals surface area contributed by atoms with Gasteiger partial charge in [-0.05, 0) is 97.5 Å². The van der Waals surface area contributed by atoms with Gasteiger partial charge in [0.15, 0.2) is 18.9 Å². The minimum absolute atomic E-state index is 0.0210. The summed E-state index contributed by atoms with van der Waals surface area (Å²) in [7, 11) is -9.70. The van der Waals surface area contributed by atoms with Crippen molar-refractivity contribution in [1.82, 2.24) is 0 Å². The fourth-order valence-corrected chi connectivity index (χ4v) is 20.1. The summed E-state index contributed by atoms with van der Waals surface area (Å²) in [5, 5.41) is 87.7. The third kappa shape index (κ3) is 16.1. The first-order chi connectivity index (χ1) is 49.9. The van der Waals surface area contributed by atoms with Gasteiger partial charge < -0.3 is 121 Å². The fraction of sp³-hybridized carbons (Fsp3) is 0.887. The number of allylic oxidation sites excluding steroid dienone is 3. The number of ether oxygens (including phenoxy) is 17. The summed E-state index contributed by atoms with van der Waals surface area (Å²) in [5.41, 5.74) is -4.46. The van der Waals surface area contributed by atoms with Crippen LogP contribution in [0.4, 0.5) is 0 Å². The fourth-order valence-electron chi connectivity index (χ4n) is 19.2. The molecule has 0 bridgehead atoms. The molecular formula is C71H108O33S2. The largest absolute Gasteiger partial charge is 0.397 e. The maximum Gasteiger partial charge on any atom is 0.397 e. The van der Waals surface area contributed by atoms with Crippen molar-refractivity contribution in [3.63, 3.8) is 0 Å². The first-order valence-electron chi connectivity index (χ1n) is 37.4. The van der Waals surface area contributed by atoms with Gasteiger partial charge in [0.2, 0.25) is 0 Å². The van der Waals surface area contributed by atoms with E-state index in [-0.39, 0.29) is 50.2 Å². The first-order valence-corrected chi connectivity index (χ1v) is 40.2. The average molecular weight is 1550 g/mol. The SMILES string of the molecule is C=CCC(=C)/C=C/[C@@](C)(O)[C@H]1O[C@@H]2C[C@@H]3O[C@@H]4C[C@@H]5O[C@@H]6C[C@@H]7O[C@@H]8C[C@@H]9O[C@@H]%10C[C@@H]%11O[C@](C)(CCCOS(=O)(=O)O)[C@@H](OS(=O)(=O)O)C[C@H]%11O[C@H]%10C[C@H]9O[C@H]8CC[C@@]7(C)O[C@@]6(C)CC[C@H](C)[C@H]5O[C@H]4[C@@H](OC4O[C@@H](CO[C@H]5O[C@@H](CO[C@H]6O[C@@H](CO)[C@H](O)[C@H]6O)[C@H](O)[C@H]5O)[C@H](O)[C@H]4O)[C@@]3(C)O[C@H]2CC1=C. The Bertz CT molecular complexity index is 3410. The van der Waals surface area contributed by atoms with Gasteiger partial charge in [-0.1, -0.05) is 43.9 Å². The zero-order valence-electron chi connectivity index (χ0n) is 60.5. The Morgan fingerprint density at radius 3 is 1.74 bits per heavy atom. The highest BCUT2D eigenvalue weighted by atomic mass is 32.3. The van der Waals surface area contributed by atoms with Crippen LogP contribution >= 0.6 is 0 Å². The van der Waals surface area contributed by atoms with Crippen molar-refractivity contribution in [2.24, 2.45) is 5.92 Å². The molecule has 14 heterocycles. The van der Waals surface area contributed by atoms with Gasteiger partial charge in [0.1, 0.15) is 90.6 Å². The molecule has 10 N–H and O–H groups in total. The molecule has 0 amide bonds. The van der Waals surface area contributed by atoms with Crippen molar-refractivity contribution in [1.29, 1.82) is 0 Å². The normalized spacial score (nSPS) is 51.4. The highest BCUT2D eigenvalue weighted by Crippen LogP contribution is 2.55. The summed E-state index contributed by atoms with van der Waals surface area (Å²) in [5.74, 6) is -0.128. The van der Waals surface area contributed by atoms with Gasteiger partial charge in [0.25, 0.3) is 0 Å². The molecule has 0 radical (unpaired) electrons. The van der Waals surface area contributed by atoms with E-state index in [1.165, 1.54) is 0 Å². The lowest BCUT2D eigenvalue weighted by atomic mass is 9.72. The maximum atomic E-state index is 12.1. The lowest BCUT2D eigenvalue weighted by Gasteiger charge is -2.61. The molecule has 106 heavy (non-hydrogen) atoms.